The van der Waals surface area contributed by atoms with E-state index >= 15 is 0 Å². The van der Waals surface area contributed by atoms with Crippen molar-refractivity contribution in [1.29, 1.82) is 0 Å². The molecule has 0 fully saturated rings. The molecule has 1 atom stereocenters. The second-order valence-corrected chi connectivity index (χ2v) is 9.67. The predicted octanol–water partition coefficient (Wildman–Crippen LogP) is 9.66. The lowest BCUT2D eigenvalue weighted by molar-refractivity contribution is 0.0462. The Kier molecular flexibility index (Phi) is 27.1. The van der Waals surface area contributed by atoms with Crippen LogP contribution in [0.3, 0.4) is 0 Å². The molecule has 0 N–H and O–H groups in total. The van der Waals surface area contributed by atoms with E-state index in [0.29, 0.717) is 0 Å². The minimum absolute atomic E-state index is 0.274. The minimum Gasteiger partial charge on any atom is -0.386 e. The van der Waals surface area contributed by atoms with Gasteiger partial charge in [0.2, 0.25) is 0 Å². The van der Waals surface area contributed by atoms with Crippen LogP contribution in [0.4, 0.5) is 0 Å². The first-order chi connectivity index (χ1) is 15.8. The topological polar surface area (TPSA) is 27.7 Å². The average molecular weight is 455 g/mol. The van der Waals surface area contributed by atoms with Gasteiger partial charge in [0.25, 0.3) is 0 Å². The van der Waals surface area contributed by atoms with Crippen molar-refractivity contribution in [2.75, 3.05) is 13.2 Å². The van der Waals surface area contributed by atoms with Gasteiger partial charge in [-0.3, -0.25) is 0 Å². The molecule has 0 aliphatic heterocycles. The highest BCUT2D eigenvalue weighted by Gasteiger charge is 2.25. The van der Waals surface area contributed by atoms with Crippen molar-refractivity contribution in [3.05, 3.63) is 0 Å². The van der Waals surface area contributed by atoms with E-state index < -0.39 is 7.32 Å². The Morgan fingerprint density at radius 1 is 0.438 bits per heavy atom. The Balaban J connectivity index is 4.38. The molecule has 0 aromatic heterocycles. The summed E-state index contributed by atoms with van der Waals surface area (Å²) in [7, 11) is -0.473. The SMILES string of the molecule is CCCCCCCCOB(OCCCCCCCC)OC(CCCC)CCCCCCC. The first-order valence-electron chi connectivity index (χ1n) is 14.7. The third-order valence-corrected chi connectivity index (χ3v) is 6.32. The summed E-state index contributed by atoms with van der Waals surface area (Å²) in [5, 5.41) is 0. The molecule has 192 valence electrons. The third kappa shape index (κ3) is 23.1. The highest BCUT2D eigenvalue weighted by molar-refractivity contribution is 6.36. The molecule has 0 spiro atoms. The van der Waals surface area contributed by atoms with E-state index in [1.54, 1.807) is 0 Å². The van der Waals surface area contributed by atoms with Crippen LogP contribution in [0.15, 0.2) is 0 Å². The summed E-state index contributed by atoms with van der Waals surface area (Å²) in [5.74, 6) is 0. The molecule has 0 aromatic carbocycles. The van der Waals surface area contributed by atoms with Gasteiger partial charge >= 0.3 is 7.32 Å². The zero-order valence-corrected chi connectivity index (χ0v) is 22.6. The zero-order valence-electron chi connectivity index (χ0n) is 22.6. The standard InChI is InChI=1S/C28H59BO3/c1-5-9-13-16-19-22-26-30-29(31-27-23-20-17-14-10-6-2)32-28(24-12-8-4)25-21-18-15-11-7-3/h28H,5-27H2,1-4H3. The molecule has 0 aliphatic rings. The van der Waals surface area contributed by atoms with Gasteiger partial charge in [-0.05, 0) is 25.7 Å². The molecule has 1 unspecified atom stereocenters. The Hall–Kier alpha value is -0.0551. The van der Waals surface area contributed by atoms with Gasteiger partial charge in [-0.1, -0.05) is 137 Å². The molecule has 0 bridgehead atoms. The van der Waals surface area contributed by atoms with Crippen molar-refractivity contribution in [2.24, 2.45) is 0 Å². The fraction of sp³-hybridized carbons (Fsp3) is 1.00. The molecule has 32 heavy (non-hydrogen) atoms. The van der Waals surface area contributed by atoms with Gasteiger partial charge in [0.15, 0.2) is 0 Å². The molecule has 0 rings (SSSR count). The minimum atomic E-state index is -0.473. The van der Waals surface area contributed by atoms with Crippen LogP contribution >= 0.6 is 0 Å². The molecular weight excluding hydrogens is 395 g/mol. The molecule has 0 saturated heterocycles. The first-order valence-corrected chi connectivity index (χ1v) is 14.7. The molecule has 0 aliphatic carbocycles. The monoisotopic (exact) mass is 454 g/mol. The summed E-state index contributed by atoms with van der Waals surface area (Å²) in [6.45, 7) is 10.6. The Morgan fingerprint density at radius 3 is 1.28 bits per heavy atom. The van der Waals surface area contributed by atoms with Crippen molar-refractivity contribution < 1.29 is 14.0 Å². The van der Waals surface area contributed by atoms with Crippen molar-refractivity contribution >= 4 is 7.32 Å². The number of hydrogen-bond acceptors (Lipinski definition) is 3. The zero-order chi connectivity index (χ0) is 23.5. The lowest BCUT2D eigenvalue weighted by Gasteiger charge is -2.22. The second kappa shape index (κ2) is 27.2. The van der Waals surface area contributed by atoms with Gasteiger partial charge in [-0.2, -0.15) is 0 Å². The van der Waals surface area contributed by atoms with Crippen LogP contribution in [-0.4, -0.2) is 26.6 Å². The van der Waals surface area contributed by atoms with Gasteiger partial charge < -0.3 is 14.0 Å². The quantitative estimate of drug-likeness (QED) is 0.0913. The van der Waals surface area contributed by atoms with Crippen molar-refractivity contribution in [2.45, 2.75) is 169 Å². The van der Waals surface area contributed by atoms with Crippen LogP contribution in [0.2, 0.25) is 0 Å². The van der Waals surface area contributed by atoms with Gasteiger partial charge in [0, 0.05) is 19.3 Å². The van der Waals surface area contributed by atoms with Gasteiger partial charge in [0.05, 0.1) is 0 Å². The Bertz CT molecular complexity index is 323. The molecule has 4 heteroatoms. The van der Waals surface area contributed by atoms with Crippen molar-refractivity contribution in [1.82, 2.24) is 0 Å². The molecule has 3 nitrogen and oxygen atoms in total. The molecule has 0 heterocycles. The summed E-state index contributed by atoms with van der Waals surface area (Å²) in [4.78, 5) is 0. The molecule has 0 amide bonds. The lowest BCUT2D eigenvalue weighted by Crippen LogP contribution is -2.33. The first kappa shape index (κ1) is 31.9. The van der Waals surface area contributed by atoms with Gasteiger partial charge in [0.1, 0.15) is 0 Å². The summed E-state index contributed by atoms with van der Waals surface area (Å²) in [6.07, 6.45) is 26.9. The molecule has 0 aromatic rings. The maximum Gasteiger partial charge on any atom is 0.639 e. The number of unbranched alkanes of at least 4 members (excludes halogenated alkanes) is 15. The molecule has 0 saturated carbocycles. The number of hydrogen-bond donors (Lipinski definition) is 0. The Morgan fingerprint density at radius 2 is 0.812 bits per heavy atom. The summed E-state index contributed by atoms with van der Waals surface area (Å²) in [5.41, 5.74) is 0. The van der Waals surface area contributed by atoms with E-state index in [-0.39, 0.29) is 6.10 Å². The fourth-order valence-electron chi connectivity index (χ4n) is 4.10. The maximum atomic E-state index is 6.41. The highest BCUT2D eigenvalue weighted by atomic mass is 16.7. The third-order valence-electron chi connectivity index (χ3n) is 6.32. The summed E-state index contributed by atoms with van der Waals surface area (Å²) in [6, 6.07) is 0. The maximum absolute atomic E-state index is 6.41. The smallest absolute Gasteiger partial charge is 0.386 e. The van der Waals surface area contributed by atoms with Crippen molar-refractivity contribution in [3.63, 3.8) is 0 Å². The van der Waals surface area contributed by atoms with Gasteiger partial charge in [-0.25, -0.2) is 0 Å². The predicted molar refractivity (Wildman–Crippen MR) is 142 cm³/mol. The van der Waals surface area contributed by atoms with Crippen LogP contribution < -0.4 is 0 Å². The highest BCUT2D eigenvalue weighted by Crippen LogP contribution is 2.17. The normalized spacial score (nSPS) is 12.4. The van der Waals surface area contributed by atoms with Crippen LogP contribution in [0.1, 0.15) is 163 Å². The average Bonchev–Trinajstić information content (AvgIpc) is 2.80. The Labute approximate surface area is 203 Å². The summed E-state index contributed by atoms with van der Waals surface area (Å²) >= 11 is 0. The van der Waals surface area contributed by atoms with E-state index in [1.807, 2.05) is 0 Å². The summed E-state index contributed by atoms with van der Waals surface area (Å²) < 4.78 is 18.6. The van der Waals surface area contributed by atoms with E-state index in [2.05, 4.69) is 27.7 Å². The van der Waals surface area contributed by atoms with Gasteiger partial charge in [-0.15, -0.1) is 0 Å². The fourth-order valence-corrected chi connectivity index (χ4v) is 4.10. The molecule has 0 radical (unpaired) electrons. The van der Waals surface area contributed by atoms with Crippen LogP contribution in [0.25, 0.3) is 0 Å². The lowest BCUT2D eigenvalue weighted by atomic mass is 10.0. The number of rotatable bonds is 27. The van der Waals surface area contributed by atoms with E-state index in [1.165, 1.54) is 109 Å². The van der Waals surface area contributed by atoms with Crippen LogP contribution in [0.5, 0.6) is 0 Å². The van der Waals surface area contributed by atoms with Crippen molar-refractivity contribution in [3.8, 4) is 0 Å². The van der Waals surface area contributed by atoms with Crippen LogP contribution in [-0.2, 0) is 14.0 Å². The largest absolute Gasteiger partial charge is 0.639 e. The molecular formula is C28H59BO3. The van der Waals surface area contributed by atoms with Crippen LogP contribution in [0, 0.1) is 0 Å². The second-order valence-electron chi connectivity index (χ2n) is 9.67. The van der Waals surface area contributed by atoms with E-state index in [9.17, 15) is 0 Å². The van der Waals surface area contributed by atoms with E-state index in [0.717, 1.165) is 38.9 Å². The van der Waals surface area contributed by atoms with E-state index in [4.69, 9.17) is 14.0 Å².